The SMILES string of the molecule is O=S(=O)(NCCOCC(F)F)c1cc(Br)cc(CO)c1F. The average Bonchev–Trinajstić information content (AvgIpc) is 2.40. The quantitative estimate of drug-likeness (QED) is 0.660. The Morgan fingerprint density at radius 2 is 2.05 bits per heavy atom. The molecule has 1 rings (SSSR count). The number of hydrogen-bond donors (Lipinski definition) is 2. The fraction of sp³-hybridized carbons (Fsp3) is 0.455. The first-order valence-electron chi connectivity index (χ1n) is 5.72. The second-order valence-corrected chi connectivity index (χ2v) is 6.55. The molecule has 0 spiro atoms. The highest BCUT2D eigenvalue weighted by Gasteiger charge is 2.21. The molecule has 0 radical (unpaired) electrons. The number of ether oxygens (including phenoxy) is 1. The number of aliphatic hydroxyl groups is 1. The van der Waals surface area contributed by atoms with Crippen molar-refractivity contribution >= 4 is 26.0 Å². The zero-order valence-electron chi connectivity index (χ0n) is 10.7. The Kier molecular flexibility index (Phi) is 7.07. The van der Waals surface area contributed by atoms with Gasteiger partial charge in [0.25, 0.3) is 6.43 Å². The van der Waals surface area contributed by atoms with Crippen LogP contribution in [0.2, 0.25) is 0 Å². The van der Waals surface area contributed by atoms with Crippen molar-refractivity contribution in [1.82, 2.24) is 4.72 Å². The third kappa shape index (κ3) is 5.55. The summed E-state index contributed by atoms with van der Waals surface area (Å²) in [6, 6.07) is 2.29. The first kappa shape index (κ1) is 18.4. The molecule has 0 atom stereocenters. The first-order chi connectivity index (χ1) is 9.77. The van der Waals surface area contributed by atoms with Crippen molar-refractivity contribution < 1.29 is 31.4 Å². The fourth-order valence-electron chi connectivity index (χ4n) is 1.43. The Balaban J connectivity index is 2.77. The summed E-state index contributed by atoms with van der Waals surface area (Å²) < 4.78 is 68.1. The molecule has 0 saturated carbocycles. The molecule has 0 aliphatic carbocycles. The smallest absolute Gasteiger partial charge is 0.261 e. The molecule has 0 aliphatic heterocycles. The molecule has 0 amide bonds. The molecule has 5 nitrogen and oxygen atoms in total. The van der Waals surface area contributed by atoms with Crippen molar-refractivity contribution in [3.05, 3.63) is 28.0 Å². The van der Waals surface area contributed by atoms with E-state index < -0.39 is 40.4 Å². The number of benzene rings is 1. The van der Waals surface area contributed by atoms with Gasteiger partial charge >= 0.3 is 0 Å². The van der Waals surface area contributed by atoms with Crippen LogP contribution >= 0.6 is 15.9 Å². The van der Waals surface area contributed by atoms with Gasteiger partial charge in [0.05, 0.1) is 13.2 Å². The van der Waals surface area contributed by atoms with Gasteiger partial charge in [-0.25, -0.2) is 26.3 Å². The number of nitrogens with one attached hydrogen (secondary N) is 1. The highest BCUT2D eigenvalue weighted by atomic mass is 79.9. The van der Waals surface area contributed by atoms with Gasteiger partial charge in [-0.15, -0.1) is 0 Å². The van der Waals surface area contributed by atoms with Gasteiger partial charge in [-0.2, -0.15) is 0 Å². The summed E-state index contributed by atoms with van der Waals surface area (Å²) in [6.07, 6.45) is -2.64. The number of aliphatic hydroxyl groups excluding tert-OH is 1. The van der Waals surface area contributed by atoms with E-state index in [-0.39, 0.29) is 23.2 Å². The zero-order valence-corrected chi connectivity index (χ0v) is 13.1. The average molecular weight is 392 g/mol. The van der Waals surface area contributed by atoms with Gasteiger partial charge in [0, 0.05) is 16.6 Å². The molecule has 1 aromatic rings. The molecule has 21 heavy (non-hydrogen) atoms. The van der Waals surface area contributed by atoms with Crippen LogP contribution in [-0.2, 0) is 21.4 Å². The molecule has 0 saturated heterocycles. The molecule has 0 aliphatic rings. The van der Waals surface area contributed by atoms with Crippen LogP contribution in [0.15, 0.2) is 21.5 Å². The van der Waals surface area contributed by atoms with Crippen molar-refractivity contribution in [2.45, 2.75) is 17.9 Å². The van der Waals surface area contributed by atoms with Crippen molar-refractivity contribution in [2.75, 3.05) is 19.8 Å². The van der Waals surface area contributed by atoms with Crippen molar-refractivity contribution in [3.63, 3.8) is 0 Å². The third-order valence-corrected chi connectivity index (χ3v) is 4.24. The predicted octanol–water partition coefficient (Wildman–Crippen LogP) is 1.64. The summed E-state index contributed by atoms with van der Waals surface area (Å²) in [5.41, 5.74) is -0.182. The number of rotatable bonds is 8. The summed E-state index contributed by atoms with van der Waals surface area (Å²) in [7, 11) is -4.18. The minimum Gasteiger partial charge on any atom is -0.392 e. The van der Waals surface area contributed by atoms with Crippen LogP contribution in [0.25, 0.3) is 0 Å². The summed E-state index contributed by atoms with van der Waals surface area (Å²) in [6.45, 7) is -2.02. The highest BCUT2D eigenvalue weighted by molar-refractivity contribution is 9.10. The number of sulfonamides is 1. The Morgan fingerprint density at radius 3 is 2.62 bits per heavy atom. The maximum Gasteiger partial charge on any atom is 0.261 e. The molecule has 0 aromatic heterocycles. The normalized spacial score (nSPS) is 12.1. The molecular weight excluding hydrogens is 379 g/mol. The number of hydrogen-bond acceptors (Lipinski definition) is 4. The van der Waals surface area contributed by atoms with Crippen LogP contribution < -0.4 is 4.72 Å². The Hall–Kier alpha value is -0.680. The van der Waals surface area contributed by atoms with Gasteiger partial charge in [0.1, 0.15) is 17.3 Å². The lowest BCUT2D eigenvalue weighted by molar-refractivity contribution is 0.0199. The van der Waals surface area contributed by atoms with Gasteiger partial charge in [0.2, 0.25) is 10.0 Å². The van der Waals surface area contributed by atoms with Crippen LogP contribution in [0.1, 0.15) is 5.56 Å². The van der Waals surface area contributed by atoms with Crippen molar-refractivity contribution in [2.24, 2.45) is 0 Å². The van der Waals surface area contributed by atoms with Gasteiger partial charge in [-0.3, -0.25) is 0 Å². The number of alkyl halides is 2. The van der Waals surface area contributed by atoms with E-state index in [0.717, 1.165) is 6.07 Å². The molecular formula is C11H13BrF3NO4S. The standard InChI is InChI=1S/C11H13BrF3NO4S/c12-8-3-7(5-17)11(15)9(4-8)21(18,19)16-1-2-20-6-10(13)14/h3-4,10,16-17H,1-2,5-6H2. The van der Waals surface area contributed by atoms with E-state index in [1.54, 1.807) is 0 Å². The van der Waals surface area contributed by atoms with E-state index in [9.17, 15) is 21.6 Å². The molecule has 1 aromatic carbocycles. The minimum absolute atomic E-state index is 0.182. The topological polar surface area (TPSA) is 75.6 Å². The summed E-state index contributed by atoms with van der Waals surface area (Å²) in [4.78, 5) is -0.644. The molecule has 120 valence electrons. The summed E-state index contributed by atoms with van der Waals surface area (Å²) in [5.74, 6) is -1.07. The zero-order chi connectivity index (χ0) is 16.0. The van der Waals surface area contributed by atoms with Crippen LogP contribution in [0.4, 0.5) is 13.2 Å². The van der Waals surface area contributed by atoms with Gasteiger partial charge in [-0.05, 0) is 12.1 Å². The Morgan fingerprint density at radius 1 is 1.38 bits per heavy atom. The lowest BCUT2D eigenvalue weighted by atomic mass is 10.2. The lowest BCUT2D eigenvalue weighted by Gasteiger charge is -2.10. The fourth-order valence-corrected chi connectivity index (χ4v) is 3.24. The van der Waals surface area contributed by atoms with Gasteiger partial charge in [-0.1, -0.05) is 15.9 Å². The van der Waals surface area contributed by atoms with Crippen LogP contribution in [-0.4, -0.2) is 39.7 Å². The van der Waals surface area contributed by atoms with Gasteiger partial charge < -0.3 is 9.84 Å². The van der Waals surface area contributed by atoms with Crippen LogP contribution in [0.5, 0.6) is 0 Å². The summed E-state index contributed by atoms with van der Waals surface area (Å²) >= 11 is 3.01. The van der Waals surface area contributed by atoms with E-state index in [4.69, 9.17) is 5.11 Å². The summed E-state index contributed by atoms with van der Waals surface area (Å²) in [5, 5.41) is 8.96. The maximum atomic E-state index is 13.9. The van der Waals surface area contributed by atoms with E-state index in [2.05, 4.69) is 20.7 Å². The second kappa shape index (κ2) is 8.08. The van der Waals surface area contributed by atoms with Gasteiger partial charge in [0.15, 0.2) is 0 Å². The molecule has 2 N–H and O–H groups in total. The third-order valence-electron chi connectivity index (χ3n) is 2.32. The predicted molar refractivity (Wildman–Crippen MR) is 72.0 cm³/mol. The highest BCUT2D eigenvalue weighted by Crippen LogP contribution is 2.24. The van der Waals surface area contributed by atoms with E-state index in [0.29, 0.717) is 0 Å². The Bertz CT molecular complexity index is 583. The van der Waals surface area contributed by atoms with Crippen LogP contribution in [0.3, 0.4) is 0 Å². The van der Waals surface area contributed by atoms with E-state index >= 15 is 0 Å². The molecule has 10 heteroatoms. The number of halogens is 4. The molecule has 0 heterocycles. The maximum absolute atomic E-state index is 13.9. The van der Waals surface area contributed by atoms with E-state index in [1.807, 2.05) is 4.72 Å². The molecule has 0 bridgehead atoms. The lowest BCUT2D eigenvalue weighted by Crippen LogP contribution is -2.29. The second-order valence-electron chi connectivity index (χ2n) is 3.90. The molecule has 0 fully saturated rings. The minimum atomic E-state index is -4.18. The van der Waals surface area contributed by atoms with Crippen molar-refractivity contribution in [3.8, 4) is 0 Å². The van der Waals surface area contributed by atoms with Crippen molar-refractivity contribution in [1.29, 1.82) is 0 Å². The largest absolute Gasteiger partial charge is 0.392 e. The monoisotopic (exact) mass is 391 g/mol. The van der Waals surface area contributed by atoms with E-state index in [1.165, 1.54) is 6.07 Å². The Labute approximate surface area is 128 Å². The molecule has 0 unspecified atom stereocenters. The van der Waals surface area contributed by atoms with Crippen LogP contribution in [0, 0.1) is 5.82 Å². The first-order valence-corrected chi connectivity index (χ1v) is 8.00.